The third kappa shape index (κ3) is 4.92. The van der Waals surface area contributed by atoms with Crippen LogP contribution in [0.15, 0.2) is 164 Å². The van der Waals surface area contributed by atoms with E-state index >= 15 is 0 Å². The Morgan fingerprint density at radius 1 is 0.674 bits per heavy atom. The van der Waals surface area contributed by atoms with E-state index in [1.165, 1.54) is 11.3 Å². The molecule has 206 valence electrons. The molecule has 0 fully saturated rings. The summed E-state index contributed by atoms with van der Waals surface area (Å²) < 4.78 is 3.33. The van der Waals surface area contributed by atoms with Gasteiger partial charge in [-0.1, -0.05) is 140 Å². The maximum atomic E-state index is 13.1. The number of benzene rings is 5. The molecule has 7 rings (SSSR count). The van der Waals surface area contributed by atoms with Gasteiger partial charge in [0.25, 0.3) is 0 Å². The summed E-state index contributed by atoms with van der Waals surface area (Å²) in [6.07, 6.45) is 7.61. The Labute approximate surface area is 255 Å². The number of aromatic nitrogens is 2. The van der Waals surface area contributed by atoms with E-state index in [0.717, 1.165) is 48.5 Å². The second kappa shape index (κ2) is 11.5. The Morgan fingerprint density at radius 3 is 1.86 bits per heavy atom. The zero-order valence-corrected chi connectivity index (χ0v) is 24.2. The molecule has 0 saturated heterocycles. The molecule has 0 radical (unpaired) electrons. The van der Waals surface area contributed by atoms with Gasteiger partial charge in [-0.2, -0.15) is 0 Å². The fourth-order valence-electron chi connectivity index (χ4n) is 5.86. The summed E-state index contributed by atoms with van der Waals surface area (Å²) in [5.41, 5.74) is 5.51. The highest BCUT2D eigenvalue weighted by molar-refractivity contribution is 7.21. The number of rotatable bonds is 8. The molecule has 2 heterocycles. The van der Waals surface area contributed by atoms with Gasteiger partial charge >= 0.3 is 0 Å². The van der Waals surface area contributed by atoms with E-state index in [2.05, 4.69) is 89.6 Å². The Hall–Kier alpha value is -5.32. The number of ketones is 1. The summed E-state index contributed by atoms with van der Waals surface area (Å²) in [4.78, 5) is 18.8. The van der Waals surface area contributed by atoms with Crippen molar-refractivity contribution in [1.29, 1.82) is 0 Å². The number of fused-ring (bicyclic) bond motifs is 1. The lowest BCUT2D eigenvalue weighted by Gasteiger charge is -2.37. The highest BCUT2D eigenvalue weighted by Gasteiger charge is 2.38. The van der Waals surface area contributed by atoms with Crippen LogP contribution in [0.25, 0.3) is 27.4 Å². The molecule has 2 aromatic heterocycles. The molecule has 0 amide bonds. The average molecular weight is 573 g/mol. The molecule has 0 unspecified atom stereocenters. The number of carbonyl (C=O) groups excluding carboxylic acids is 1. The van der Waals surface area contributed by atoms with Gasteiger partial charge in [-0.05, 0) is 45.8 Å². The Morgan fingerprint density at radius 2 is 1.23 bits per heavy atom. The zero-order valence-electron chi connectivity index (χ0n) is 23.4. The SMILES string of the molecule is O=C(C=Cc1ccccc1-c1cn(C(c2ccccc2)(c2ccccc2)c2ccccc2)cn1)c1cc2ccccc2s1. The van der Waals surface area contributed by atoms with E-state index in [1.54, 1.807) is 6.08 Å². The molecule has 0 spiro atoms. The van der Waals surface area contributed by atoms with Crippen molar-refractivity contribution in [1.82, 2.24) is 9.55 Å². The molecule has 4 heteroatoms. The van der Waals surface area contributed by atoms with Gasteiger partial charge in [-0.25, -0.2) is 4.98 Å². The van der Waals surface area contributed by atoms with Crippen molar-refractivity contribution in [3.63, 3.8) is 0 Å². The normalized spacial score (nSPS) is 11.7. The van der Waals surface area contributed by atoms with Crippen LogP contribution in [0.1, 0.15) is 31.9 Å². The Bertz CT molecular complexity index is 1910. The molecule has 0 saturated carbocycles. The topological polar surface area (TPSA) is 34.9 Å². The molecule has 0 aliphatic rings. The quantitative estimate of drug-likeness (QED) is 0.103. The van der Waals surface area contributed by atoms with Crippen LogP contribution in [0.2, 0.25) is 0 Å². The molecule has 43 heavy (non-hydrogen) atoms. The third-order valence-corrected chi connectivity index (χ3v) is 8.99. The maximum Gasteiger partial charge on any atom is 0.195 e. The van der Waals surface area contributed by atoms with Gasteiger partial charge in [-0.3, -0.25) is 4.79 Å². The smallest absolute Gasteiger partial charge is 0.195 e. The Kier molecular flexibility index (Phi) is 7.12. The fraction of sp³-hybridized carbons (Fsp3) is 0.0256. The van der Waals surface area contributed by atoms with Crippen molar-refractivity contribution >= 4 is 33.3 Å². The first kappa shape index (κ1) is 26.6. The number of hydrogen-bond acceptors (Lipinski definition) is 3. The van der Waals surface area contributed by atoms with Crippen LogP contribution >= 0.6 is 11.3 Å². The van der Waals surface area contributed by atoms with Crippen LogP contribution in [0.4, 0.5) is 0 Å². The second-order valence-electron chi connectivity index (χ2n) is 10.4. The molecular formula is C39H28N2OS. The van der Waals surface area contributed by atoms with Crippen LogP contribution < -0.4 is 0 Å². The first-order valence-corrected chi connectivity index (χ1v) is 15.1. The molecule has 0 atom stereocenters. The van der Waals surface area contributed by atoms with E-state index in [1.807, 2.05) is 79.1 Å². The van der Waals surface area contributed by atoms with Gasteiger partial charge in [-0.15, -0.1) is 11.3 Å². The second-order valence-corrected chi connectivity index (χ2v) is 11.5. The van der Waals surface area contributed by atoms with Crippen molar-refractivity contribution in [2.24, 2.45) is 0 Å². The molecule has 0 bridgehead atoms. The van der Waals surface area contributed by atoms with E-state index < -0.39 is 5.54 Å². The summed E-state index contributed by atoms with van der Waals surface area (Å²) in [6, 6.07) is 49.9. The summed E-state index contributed by atoms with van der Waals surface area (Å²) in [5.74, 6) is -0.00205. The lowest BCUT2D eigenvalue weighted by molar-refractivity contribution is 0.105. The monoisotopic (exact) mass is 572 g/mol. The minimum absolute atomic E-state index is 0.00205. The molecular weight excluding hydrogens is 545 g/mol. The highest BCUT2D eigenvalue weighted by Crippen LogP contribution is 2.41. The number of imidazole rings is 1. The third-order valence-electron chi connectivity index (χ3n) is 7.86. The zero-order chi connectivity index (χ0) is 29.1. The summed E-state index contributed by atoms with van der Waals surface area (Å²) in [5, 5.41) is 1.09. The summed E-state index contributed by atoms with van der Waals surface area (Å²) in [6.45, 7) is 0. The predicted molar refractivity (Wildman–Crippen MR) is 177 cm³/mol. The van der Waals surface area contributed by atoms with Gasteiger partial charge in [0.05, 0.1) is 16.9 Å². The highest BCUT2D eigenvalue weighted by atomic mass is 32.1. The average Bonchev–Trinajstić information content (AvgIpc) is 3.74. The van der Waals surface area contributed by atoms with Crippen molar-refractivity contribution in [3.8, 4) is 11.3 Å². The van der Waals surface area contributed by atoms with E-state index in [9.17, 15) is 4.79 Å². The van der Waals surface area contributed by atoms with Crippen molar-refractivity contribution in [2.75, 3.05) is 0 Å². The molecule has 0 N–H and O–H groups in total. The first-order valence-electron chi connectivity index (χ1n) is 14.2. The van der Waals surface area contributed by atoms with Crippen LogP contribution in [0.5, 0.6) is 0 Å². The number of allylic oxidation sites excluding steroid dienone is 1. The minimum atomic E-state index is -0.642. The largest absolute Gasteiger partial charge is 0.318 e. The fourth-order valence-corrected chi connectivity index (χ4v) is 6.84. The minimum Gasteiger partial charge on any atom is -0.318 e. The van der Waals surface area contributed by atoms with Gasteiger partial charge in [0.1, 0.15) is 5.54 Å². The Balaban J connectivity index is 1.32. The van der Waals surface area contributed by atoms with Crippen LogP contribution in [0.3, 0.4) is 0 Å². The van der Waals surface area contributed by atoms with Crippen molar-refractivity contribution in [2.45, 2.75) is 5.54 Å². The maximum absolute atomic E-state index is 13.1. The van der Waals surface area contributed by atoms with Gasteiger partial charge in [0.15, 0.2) is 5.78 Å². The number of thiophene rings is 1. The molecule has 3 nitrogen and oxygen atoms in total. The van der Waals surface area contributed by atoms with Gasteiger partial charge in [0.2, 0.25) is 0 Å². The first-order chi connectivity index (χ1) is 21.2. The van der Waals surface area contributed by atoms with E-state index in [0.29, 0.717) is 0 Å². The lowest BCUT2D eigenvalue weighted by Crippen LogP contribution is -2.36. The van der Waals surface area contributed by atoms with E-state index in [4.69, 9.17) is 4.98 Å². The predicted octanol–water partition coefficient (Wildman–Crippen LogP) is 9.50. The van der Waals surface area contributed by atoms with Crippen LogP contribution in [0, 0.1) is 0 Å². The van der Waals surface area contributed by atoms with Crippen molar-refractivity contribution < 1.29 is 4.79 Å². The van der Waals surface area contributed by atoms with Gasteiger partial charge in [0, 0.05) is 16.5 Å². The summed E-state index contributed by atoms with van der Waals surface area (Å²) in [7, 11) is 0. The lowest BCUT2D eigenvalue weighted by atomic mass is 9.77. The standard InChI is InChI=1S/C39H28N2OS/c42-36(38-26-30-15-11-13-23-37(30)43-38)25-24-29-14-10-12-22-34(29)35-27-41(28-40-35)39(31-16-4-1-5-17-31,32-18-6-2-7-19-32)33-20-8-3-9-21-33/h1-28H. The molecule has 0 aliphatic heterocycles. The van der Waals surface area contributed by atoms with Crippen LogP contribution in [-0.2, 0) is 5.54 Å². The van der Waals surface area contributed by atoms with E-state index in [-0.39, 0.29) is 5.78 Å². The number of hydrogen-bond donors (Lipinski definition) is 0. The molecule has 5 aromatic carbocycles. The van der Waals surface area contributed by atoms with Gasteiger partial charge < -0.3 is 4.57 Å². The van der Waals surface area contributed by atoms with Crippen molar-refractivity contribution in [3.05, 3.63) is 191 Å². The summed E-state index contributed by atoms with van der Waals surface area (Å²) >= 11 is 1.52. The number of nitrogens with zero attached hydrogens (tertiary/aromatic N) is 2. The number of carbonyl (C=O) groups is 1. The molecule has 0 aliphatic carbocycles. The molecule has 7 aromatic rings. The van der Waals surface area contributed by atoms with Crippen LogP contribution in [-0.4, -0.2) is 15.3 Å².